The van der Waals surface area contributed by atoms with Crippen molar-refractivity contribution in [2.75, 3.05) is 6.61 Å². The van der Waals surface area contributed by atoms with E-state index in [9.17, 15) is 27.9 Å². The quantitative estimate of drug-likeness (QED) is 0.680. The number of hydrogen-bond acceptors (Lipinski definition) is 4. The molecule has 0 spiro atoms. The predicted molar refractivity (Wildman–Crippen MR) is 82.0 cm³/mol. The first-order valence-corrected chi connectivity index (χ1v) is 7.76. The Morgan fingerprint density at radius 3 is 2.56 bits per heavy atom. The van der Waals surface area contributed by atoms with Gasteiger partial charge < -0.3 is 20.5 Å². The molecule has 0 bridgehead atoms. The average molecular weight is 401 g/mol. The van der Waals surface area contributed by atoms with Crippen molar-refractivity contribution in [2.45, 2.75) is 24.9 Å². The monoisotopic (exact) mass is 400 g/mol. The molecule has 0 aromatic heterocycles. The van der Waals surface area contributed by atoms with Gasteiger partial charge in [0.1, 0.15) is 5.92 Å². The van der Waals surface area contributed by atoms with Gasteiger partial charge in [-0.1, -0.05) is 29.3 Å². The Bertz CT molecular complexity index is 701. The number of esters is 1. The highest BCUT2D eigenvalue weighted by molar-refractivity contribution is 6.35. The van der Waals surface area contributed by atoms with Crippen LogP contribution in [0.2, 0.25) is 10.0 Å². The largest absolute Gasteiger partial charge is 0.466 e. The van der Waals surface area contributed by atoms with Crippen molar-refractivity contribution >= 4 is 35.2 Å². The van der Waals surface area contributed by atoms with E-state index in [2.05, 4.69) is 10.1 Å². The SMILES string of the molecule is CCOC(=O)[C@H]1[C@@H](c2ccc(Cl)cc2Cl)NC(=O)N[C@]1(O)C(F)(F)F. The fourth-order valence-corrected chi connectivity index (χ4v) is 3.08. The van der Waals surface area contributed by atoms with Gasteiger partial charge in [0.15, 0.2) is 0 Å². The molecule has 3 N–H and O–H groups in total. The third kappa shape index (κ3) is 3.63. The second kappa shape index (κ2) is 6.89. The summed E-state index contributed by atoms with van der Waals surface area (Å²) in [6, 6.07) is 0.901. The lowest BCUT2D eigenvalue weighted by Crippen LogP contribution is -2.73. The molecular formula is C14H13Cl2F3N2O4. The van der Waals surface area contributed by atoms with E-state index in [0.717, 1.165) is 0 Å². The molecule has 0 unspecified atom stereocenters. The van der Waals surface area contributed by atoms with Crippen LogP contribution in [0.25, 0.3) is 0 Å². The Morgan fingerprint density at radius 2 is 2.04 bits per heavy atom. The summed E-state index contributed by atoms with van der Waals surface area (Å²) in [6.07, 6.45) is -5.35. The maximum Gasteiger partial charge on any atom is 0.437 e. The van der Waals surface area contributed by atoms with Gasteiger partial charge in [-0.15, -0.1) is 0 Å². The fraction of sp³-hybridized carbons (Fsp3) is 0.429. The standard InChI is InChI=1S/C14H13Cl2F3N2O4/c1-2-25-11(22)9-10(7-4-3-6(15)5-8(7)16)20-12(23)21-13(9,24)14(17,18)19/h3-5,9-10,24H,2H2,1H3,(H2,20,21,23)/t9-,10-,13-/m1/s1. The molecule has 1 heterocycles. The highest BCUT2D eigenvalue weighted by Crippen LogP contribution is 2.44. The van der Waals surface area contributed by atoms with Crippen LogP contribution in [0.15, 0.2) is 18.2 Å². The number of aliphatic hydroxyl groups is 1. The molecule has 0 saturated carbocycles. The van der Waals surface area contributed by atoms with Gasteiger partial charge in [0.05, 0.1) is 12.6 Å². The van der Waals surface area contributed by atoms with Gasteiger partial charge in [-0.05, 0) is 24.6 Å². The van der Waals surface area contributed by atoms with Crippen molar-refractivity contribution in [3.05, 3.63) is 33.8 Å². The number of ether oxygens (including phenoxy) is 1. The Kier molecular flexibility index (Phi) is 5.41. The Morgan fingerprint density at radius 1 is 1.40 bits per heavy atom. The van der Waals surface area contributed by atoms with Crippen LogP contribution >= 0.6 is 23.2 Å². The third-order valence-corrected chi connectivity index (χ3v) is 4.21. The molecule has 138 valence electrons. The van der Waals surface area contributed by atoms with Gasteiger partial charge in [0, 0.05) is 10.0 Å². The maximum atomic E-state index is 13.4. The molecule has 1 saturated heterocycles. The number of nitrogens with one attached hydrogen (secondary N) is 2. The summed E-state index contributed by atoms with van der Waals surface area (Å²) in [5.74, 6) is -3.59. The number of halogens is 5. The molecule has 25 heavy (non-hydrogen) atoms. The van der Waals surface area contributed by atoms with E-state index in [4.69, 9.17) is 23.2 Å². The zero-order valence-electron chi connectivity index (χ0n) is 12.7. The van der Waals surface area contributed by atoms with Crippen LogP contribution in [-0.2, 0) is 9.53 Å². The zero-order valence-corrected chi connectivity index (χ0v) is 14.2. The molecule has 1 aliphatic rings. The lowest BCUT2D eigenvalue weighted by atomic mass is 9.82. The van der Waals surface area contributed by atoms with Gasteiger partial charge in [-0.2, -0.15) is 13.2 Å². The highest BCUT2D eigenvalue weighted by Gasteiger charge is 2.67. The molecule has 6 nitrogen and oxygen atoms in total. The van der Waals surface area contributed by atoms with Crippen LogP contribution < -0.4 is 10.6 Å². The molecule has 3 atom stereocenters. The minimum atomic E-state index is -5.35. The molecule has 11 heteroatoms. The Balaban J connectivity index is 2.61. The van der Waals surface area contributed by atoms with Crippen LogP contribution in [0, 0.1) is 5.92 Å². The number of carbonyl (C=O) groups is 2. The van der Waals surface area contributed by atoms with Crippen LogP contribution in [-0.4, -0.2) is 35.6 Å². The summed E-state index contributed by atoms with van der Waals surface area (Å²) >= 11 is 11.8. The fourth-order valence-electron chi connectivity index (χ4n) is 2.55. The lowest BCUT2D eigenvalue weighted by Gasteiger charge is -2.44. The summed E-state index contributed by atoms with van der Waals surface area (Å²) in [6.45, 7) is 1.17. The van der Waals surface area contributed by atoms with E-state index in [-0.39, 0.29) is 22.2 Å². The van der Waals surface area contributed by atoms with Gasteiger partial charge in [0.2, 0.25) is 0 Å². The second-order valence-electron chi connectivity index (χ2n) is 5.24. The Hall–Kier alpha value is -1.71. The smallest absolute Gasteiger partial charge is 0.437 e. The molecule has 2 amide bonds. The lowest BCUT2D eigenvalue weighted by molar-refractivity contribution is -0.294. The average Bonchev–Trinajstić information content (AvgIpc) is 2.45. The number of alkyl halides is 3. The van der Waals surface area contributed by atoms with E-state index in [0.29, 0.717) is 0 Å². The van der Waals surface area contributed by atoms with Crippen LogP contribution in [0.1, 0.15) is 18.5 Å². The van der Waals surface area contributed by atoms with E-state index >= 15 is 0 Å². The number of amides is 2. The van der Waals surface area contributed by atoms with Crippen LogP contribution in [0.4, 0.5) is 18.0 Å². The maximum absolute atomic E-state index is 13.4. The van der Waals surface area contributed by atoms with Crippen molar-refractivity contribution in [1.29, 1.82) is 0 Å². The van der Waals surface area contributed by atoms with Crippen molar-refractivity contribution in [3.8, 4) is 0 Å². The number of carbonyl (C=O) groups excluding carboxylic acids is 2. The minimum absolute atomic E-state index is 0.0263. The number of hydrogen-bond donors (Lipinski definition) is 3. The van der Waals surface area contributed by atoms with Crippen molar-refractivity contribution in [1.82, 2.24) is 10.6 Å². The van der Waals surface area contributed by atoms with Gasteiger partial charge in [-0.3, -0.25) is 4.79 Å². The molecular weight excluding hydrogens is 388 g/mol. The topological polar surface area (TPSA) is 87.7 Å². The van der Waals surface area contributed by atoms with Gasteiger partial charge in [0.25, 0.3) is 5.72 Å². The number of rotatable bonds is 3. The van der Waals surface area contributed by atoms with Gasteiger partial charge >= 0.3 is 18.2 Å². The summed E-state index contributed by atoms with van der Waals surface area (Å²) < 4.78 is 45.0. The molecule has 1 aromatic carbocycles. The molecule has 2 rings (SSSR count). The molecule has 0 aliphatic carbocycles. The van der Waals surface area contributed by atoms with Crippen molar-refractivity contribution < 1.29 is 32.6 Å². The summed E-state index contributed by atoms with van der Waals surface area (Å²) in [5, 5.41) is 13.8. The summed E-state index contributed by atoms with van der Waals surface area (Å²) in [7, 11) is 0. The summed E-state index contributed by atoms with van der Waals surface area (Å²) in [4.78, 5) is 23.9. The van der Waals surface area contributed by atoms with Crippen molar-refractivity contribution in [3.63, 3.8) is 0 Å². The van der Waals surface area contributed by atoms with E-state index in [1.165, 1.54) is 30.4 Å². The number of benzene rings is 1. The van der Waals surface area contributed by atoms with Crippen LogP contribution in [0.3, 0.4) is 0 Å². The highest BCUT2D eigenvalue weighted by atomic mass is 35.5. The van der Waals surface area contributed by atoms with E-state index < -0.39 is 35.9 Å². The molecule has 1 aliphatic heterocycles. The molecule has 0 radical (unpaired) electrons. The summed E-state index contributed by atoms with van der Waals surface area (Å²) in [5.41, 5.74) is -3.86. The first kappa shape index (κ1) is 19.6. The van der Waals surface area contributed by atoms with E-state index in [1.54, 1.807) is 0 Å². The number of urea groups is 1. The Labute approximate surface area is 150 Å². The third-order valence-electron chi connectivity index (χ3n) is 3.64. The van der Waals surface area contributed by atoms with Gasteiger partial charge in [-0.25, -0.2) is 4.79 Å². The first-order chi connectivity index (χ1) is 11.5. The molecule has 1 fully saturated rings. The molecule has 1 aromatic rings. The normalized spacial score (nSPS) is 26.6. The second-order valence-corrected chi connectivity index (χ2v) is 6.08. The zero-order chi connectivity index (χ0) is 19.0. The minimum Gasteiger partial charge on any atom is -0.466 e. The van der Waals surface area contributed by atoms with Crippen molar-refractivity contribution in [2.24, 2.45) is 5.92 Å². The van der Waals surface area contributed by atoms with E-state index in [1.807, 2.05) is 0 Å². The first-order valence-electron chi connectivity index (χ1n) is 7.00. The van der Waals surface area contributed by atoms with Crippen LogP contribution in [0.5, 0.6) is 0 Å². The predicted octanol–water partition coefficient (Wildman–Crippen LogP) is 2.78.